The second-order valence-electron chi connectivity index (χ2n) is 6.63. The van der Waals surface area contributed by atoms with Crippen LogP contribution in [0.15, 0.2) is 48.5 Å². The third-order valence-electron chi connectivity index (χ3n) is 4.38. The van der Waals surface area contributed by atoms with Crippen LogP contribution in [0.2, 0.25) is 0 Å². The highest BCUT2D eigenvalue weighted by Crippen LogP contribution is 2.27. The molecule has 0 bridgehead atoms. The van der Waals surface area contributed by atoms with E-state index in [0.29, 0.717) is 18.8 Å². The molecular formula is C24H31NO3. The average Bonchev–Trinajstić information content (AvgIpc) is 2.73. The lowest BCUT2D eigenvalue weighted by Gasteiger charge is -2.12. The SMILES string of the molecule is CCCCOc1ccc(/C=C/C(=O)c2ccc(NC)cc2)c(OCCCC)c1. The number of unbranched alkanes of at least 4 members (excludes halogenated alkanes) is 2. The third kappa shape index (κ3) is 6.76. The normalized spacial score (nSPS) is 10.8. The van der Waals surface area contributed by atoms with Crippen molar-refractivity contribution in [1.82, 2.24) is 0 Å². The van der Waals surface area contributed by atoms with Crippen molar-refractivity contribution in [3.05, 3.63) is 59.7 Å². The van der Waals surface area contributed by atoms with Crippen LogP contribution < -0.4 is 14.8 Å². The van der Waals surface area contributed by atoms with Crippen LogP contribution in [-0.2, 0) is 0 Å². The molecule has 4 nitrogen and oxygen atoms in total. The Bertz CT molecular complexity index is 766. The predicted molar refractivity (Wildman–Crippen MR) is 117 cm³/mol. The van der Waals surface area contributed by atoms with Crippen LogP contribution in [0, 0.1) is 0 Å². The second kappa shape index (κ2) is 11.9. The monoisotopic (exact) mass is 381 g/mol. The van der Waals surface area contributed by atoms with Crippen LogP contribution in [0.25, 0.3) is 6.08 Å². The molecule has 4 heteroatoms. The fourth-order valence-corrected chi connectivity index (χ4v) is 2.59. The zero-order valence-corrected chi connectivity index (χ0v) is 17.2. The summed E-state index contributed by atoms with van der Waals surface area (Å²) in [5, 5.41) is 3.05. The van der Waals surface area contributed by atoms with Crippen LogP contribution in [0.5, 0.6) is 11.5 Å². The molecule has 0 spiro atoms. The summed E-state index contributed by atoms with van der Waals surface area (Å²) in [6.45, 7) is 5.61. The van der Waals surface area contributed by atoms with Crippen LogP contribution in [0.4, 0.5) is 5.69 Å². The predicted octanol–water partition coefficient (Wildman–Crippen LogP) is 5.98. The lowest BCUT2D eigenvalue weighted by Crippen LogP contribution is -2.01. The Morgan fingerprint density at radius 1 is 0.964 bits per heavy atom. The van der Waals surface area contributed by atoms with Crippen LogP contribution >= 0.6 is 0 Å². The number of hydrogen-bond donors (Lipinski definition) is 1. The van der Waals surface area contributed by atoms with E-state index < -0.39 is 0 Å². The van der Waals surface area contributed by atoms with Gasteiger partial charge in [-0.05, 0) is 61.4 Å². The molecule has 0 saturated heterocycles. The minimum Gasteiger partial charge on any atom is -0.493 e. The Kier molecular flexibility index (Phi) is 9.13. The van der Waals surface area contributed by atoms with Crippen molar-refractivity contribution in [2.45, 2.75) is 39.5 Å². The summed E-state index contributed by atoms with van der Waals surface area (Å²) in [4.78, 5) is 12.5. The van der Waals surface area contributed by atoms with Gasteiger partial charge in [-0.15, -0.1) is 0 Å². The standard InChI is InChI=1S/C24H31NO3/c1-4-6-16-27-22-14-10-20(24(18-22)28-17-7-5-2)11-15-23(26)19-8-12-21(25-3)13-9-19/h8-15,18,25H,4-7,16-17H2,1-3H3/b15-11+. The van der Waals surface area contributed by atoms with Gasteiger partial charge in [0.25, 0.3) is 0 Å². The number of benzene rings is 2. The summed E-state index contributed by atoms with van der Waals surface area (Å²) in [6.07, 6.45) is 7.58. The number of nitrogens with one attached hydrogen (secondary N) is 1. The summed E-state index contributed by atoms with van der Waals surface area (Å²) in [5.41, 5.74) is 2.51. The van der Waals surface area contributed by atoms with Crippen LogP contribution in [0.3, 0.4) is 0 Å². The molecule has 0 amide bonds. The molecule has 150 valence electrons. The van der Waals surface area contributed by atoms with Crippen molar-refractivity contribution >= 4 is 17.5 Å². The van der Waals surface area contributed by atoms with Crippen LogP contribution in [-0.4, -0.2) is 26.0 Å². The van der Waals surface area contributed by atoms with E-state index in [9.17, 15) is 4.79 Å². The molecule has 0 heterocycles. The first-order chi connectivity index (χ1) is 13.7. The van der Waals surface area contributed by atoms with Gasteiger partial charge >= 0.3 is 0 Å². The molecule has 0 radical (unpaired) electrons. The van der Waals surface area contributed by atoms with Gasteiger partial charge in [0, 0.05) is 29.9 Å². The summed E-state index contributed by atoms with van der Waals surface area (Å²) in [7, 11) is 1.85. The van der Waals surface area contributed by atoms with E-state index in [2.05, 4.69) is 19.2 Å². The van der Waals surface area contributed by atoms with E-state index in [1.54, 1.807) is 6.08 Å². The van der Waals surface area contributed by atoms with Crippen molar-refractivity contribution in [3.63, 3.8) is 0 Å². The van der Waals surface area contributed by atoms with E-state index in [4.69, 9.17) is 9.47 Å². The number of anilines is 1. The lowest BCUT2D eigenvalue weighted by atomic mass is 10.1. The molecule has 0 aliphatic rings. The molecule has 2 rings (SSSR count). The Morgan fingerprint density at radius 2 is 1.64 bits per heavy atom. The van der Waals surface area contributed by atoms with Gasteiger partial charge in [0.1, 0.15) is 11.5 Å². The first-order valence-corrected chi connectivity index (χ1v) is 10.1. The Morgan fingerprint density at radius 3 is 2.29 bits per heavy atom. The highest BCUT2D eigenvalue weighted by Gasteiger charge is 2.07. The third-order valence-corrected chi connectivity index (χ3v) is 4.38. The summed E-state index contributed by atoms with van der Waals surface area (Å²) < 4.78 is 11.7. The summed E-state index contributed by atoms with van der Waals surface area (Å²) in [5.74, 6) is 1.51. The highest BCUT2D eigenvalue weighted by molar-refractivity contribution is 6.07. The van der Waals surface area contributed by atoms with Gasteiger partial charge in [-0.25, -0.2) is 0 Å². The number of hydrogen-bond acceptors (Lipinski definition) is 4. The van der Waals surface area contributed by atoms with Crippen LogP contribution in [0.1, 0.15) is 55.5 Å². The van der Waals surface area contributed by atoms with Gasteiger partial charge in [0.05, 0.1) is 13.2 Å². The highest BCUT2D eigenvalue weighted by atomic mass is 16.5. The molecule has 2 aromatic rings. The Hall–Kier alpha value is -2.75. The van der Waals surface area contributed by atoms with Gasteiger partial charge in [-0.2, -0.15) is 0 Å². The van der Waals surface area contributed by atoms with Gasteiger partial charge in [-0.1, -0.05) is 26.7 Å². The topological polar surface area (TPSA) is 47.6 Å². The molecule has 28 heavy (non-hydrogen) atoms. The van der Waals surface area contributed by atoms with Gasteiger partial charge in [-0.3, -0.25) is 4.79 Å². The summed E-state index contributed by atoms with van der Waals surface area (Å²) >= 11 is 0. The minimum atomic E-state index is -0.0366. The molecule has 0 fully saturated rings. The molecule has 2 aromatic carbocycles. The number of allylic oxidation sites excluding steroid dienone is 1. The largest absolute Gasteiger partial charge is 0.493 e. The maximum atomic E-state index is 12.5. The fourth-order valence-electron chi connectivity index (χ4n) is 2.59. The molecule has 0 aromatic heterocycles. The smallest absolute Gasteiger partial charge is 0.185 e. The molecule has 0 aliphatic carbocycles. The Labute approximate surface area is 168 Å². The molecule has 0 aliphatic heterocycles. The maximum Gasteiger partial charge on any atom is 0.185 e. The summed E-state index contributed by atoms with van der Waals surface area (Å²) in [6, 6.07) is 13.2. The fraction of sp³-hybridized carbons (Fsp3) is 0.375. The number of carbonyl (C=O) groups excluding carboxylic acids is 1. The Balaban J connectivity index is 2.13. The average molecular weight is 382 g/mol. The van der Waals surface area contributed by atoms with Gasteiger partial charge < -0.3 is 14.8 Å². The van der Waals surface area contributed by atoms with Gasteiger partial charge in [0.2, 0.25) is 0 Å². The molecule has 0 unspecified atom stereocenters. The van der Waals surface area contributed by atoms with Crippen molar-refractivity contribution in [3.8, 4) is 11.5 Å². The lowest BCUT2D eigenvalue weighted by molar-refractivity contribution is 0.104. The molecule has 1 N–H and O–H groups in total. The van der Waals surface area contributed by atoms with Crippen molar-refractivity contribution in [1.29, 1.82) is 0 Å². The van der Waals surface area contributed by atoms with E-state index in [0.717, 1.165) is 48.4 Å². The van der Waals surface area contributed by atoms with Crippen molar-refractivity contribution in [2.75, 3.05) is 25.6 Å². The minimum absolute atomic E-state index is 0.0366. The molecule has 0 saturated carbocycles. The number of ketones is 1. The first-order valence-electron chi connectivity index (χ1n) is 10.1. The van der Waals surface area contributed by atoms with E-state index in [-0.39, 0.29) is 5.78 Å². The van der Waals surface area contributed by atoms with Crippen molar-refractivity contribution < 1.29 is 14.3 Å². The quantitative estimate of drug-likeness (QED) is 0.279. The number of rotatable bonds is 12. The zero-order valence-electron chi connectivity index (χ0n) is 17.2. The zero-order chi connectivity index (χ0) is 20.2. The van der Waals surface area contributed by atoms with E-state index >= 15 is 0 Å². The molecular weight excluding hydrogens is 350 g/mol. The van der Waals surface area contributed by atoms with E-state index in [1.165, 1.54) is 0 Å². The number of carbonyl (C=O) groups is 1. The molecule has 0 atom stereocenters. The van der Waals surface area contributed by atoms with Gasteiger partial charge in [0.15, 0.2) is 5.78 Å². The maximum absolute atomic E-state index is 12.5. The second-order valence-corrected chi connectivity index (χ2v) is 6.63. The number of ether oxygens (including phenoxy) is 2. The van der Waals surface area contributed by atoms with E-state index in [1.807, 2.05) is 55.6 Å². The first kappa shape index (κ1) is 21.5. The van der Waals surface area contributed by atoms with Crippen molar-refractivity contribution in [2.24, 2.45) is 0 Å².